The molecule has 1 heterocycles. The van der Waals surface area contributed by atoms with E-state index in [1.165, 1.54) is 7.11 Å². The van der Waals surface area contributed by atoms with Gasteiger partial charge in [-0.1, -0.05) is 34.9 Å². The lowest BCUT2D eigenvalue weighted by Gasteiger charge is -2.34. The molecule has 2 atom stereocenters. The van der Waals surface area contributed by atoms with E-state index in [0.717, 1.165) is 21.5 Å². The fourth-order valence-electron chi connectivity index (χ4n) is 2.21. The number of hydrogen-bond acceptors (Lipinski definition) is 8. The zero-order chi connectivity index (χ0) is 13.9. The molecule has 2 unspecified atom stereocenters. The van der Waals surface area contributed by atoms with Crippen molar-refractivity contribution in [3.05, 3.63) is 0 Å². The molecule has 0 amide bonds. The minimum absolute atomic E-state index is 0.306. The third kappa shape index (κ3) is 3.62. The van der Waals surface area contributed by atoms with Crippen LogP contribution in [0, 0.1) is 0 Å². The number of ether oxygens (including phenoxy) is 1. The second-order valence-electron chi connectivity index (χ2n) is 4.52. The highest BCUT2D eigenvalue weighted by atomic mass is 32.2. The summed E-state index contributed by atoms with van der Waals surface area (Å²) in [6, 6.07) is 0. The molecule has 2 N–H and O–H groups in total. The van der Waals surface area contributed by atoms with Gasteiger partial charge in [-0.2, -0.15) is 0 Å². The number of methoxy groups -OCH3 is 1. The Bertz CT molecular complexity index is 454. The van der Waals surface area contributed by atoms with E-state index in [9.17, 15) is 4.79 Å². The van der Waals surface area contributed by atoms with Gasteiger partial charge in [0.05, 0.1) is 7.11 Å². The van der Waals surface area contributed by atoms with E-state index in [1.807, 2.05) is 6.26 Å². The molecule has 0 aliphatic heterocycles. The first-order chi connectivity index (χ1) is 9.07. The van der Waals surface area contributed by atoms with Crippen LogP contribution in [0.4, 0.5) is 0 Å². The van der Waals surface area contributed by atoms with Crippen molar-refractivity contribution in [3.63, 3.8) is 0 Å². The van der Waals surface area contributed by atoms with Crippen molar-refractivity contribution in [3.8, 4) is 0 Å². The Morgan fingerprint density at radius 2 is 2.26 bits per heavy atom. The predicted octanol–water partition coefficient (Wildman–Crippen LogP) is 2.17. The van der Waals surface area contributed by atoms with Gasteiger partial charge in [0.25, 0.3) is 0 Å². The van der Waals surface area contributed by atoms with E-state index in [-0.39, 0.29) is 5.97 Å². The average molecular weight is 319 g/mol. The minimum atomic E-state index is -0.836. The smallest absolute Gasteiger partial charge is 0.325 e. The first kappa shape index (κ1) is 15.1. The van der Waals surface area contributed by atoms with E-state index >= 15 is 0 Å². The first-order valence-corrected chi connectivity index (χ1v) is 8.91. The molecule has 1 aliphatic rings. The maximum absolute atomic E-state index is 11.8. The summed E-state index contributed by atoms with van der Waals surface area (Å²) in [5.41, 5.74) is 5.33. The molecule has 19 heavy (non-hydrogen) atoms. The molecule has 2 rings (SSSR count). The Kier molecular flexibility index (Phi) is 5.10. The van der Waals surface area contributed by atoms with Crippen LogP contribution in [-0.2, 0) is 9.53 Å². The van der Waals surface area contributed by atoms with Crippen LogP contribution in [0.1, 0.15) is 25.7 Å². The lowest BCUT2D eigenvalue weighted by Crippen LogP contribution is -2.52. The SMILES string of the molecule is COC(=O)C1(N)CCCC(Sc2nnc(SC)s2)C1. The second kappa shape index (κ2) is 6.43. The van der Waals surface area contributed by atoms with Crippen LogP contribution in [0.2, 0.25) is 0 Å². The maximum atomic E-state index is 11.8. The Labute approximate surface area is 125 Å². The summed E-state index contributed by atoms with van der Waals surface area (Å²) < 4.78 is 6.72. The molecular formula is C11H17N3O2S3. The van der Waals surface area contributed by atoms with Gasteiger partial charge < -0.3 is 10.5 Å². The number of carbonyl (C=O) groups is 1. The van der Waals surface area contributed by atoms with E-state index in [2.05, 4.69) is 10.2 Å². The number of carbonyl (C=O) groups excluding carboxylic acids is 1. The third-order valence-electron chi connectivity index (χ3n) is 3.16. The van der Waals surface area contributed by atoms with E-state index < -0.39 is 5.54 Å². The molecule has 0 saturated heterocycles. The molecule has 1 saturated carbocycles. The van der Waals surface area contributed by atoms with Gasteiger partial charge in [-0.3, -0.25) is 4.79 Å². The molecule has 8 heteroatoms. The van der Waals surface area contributed by atoms with Gasteiger partial charge >= 0.3 is 5.97 Å². The zero-order valence-electron chi connectivity index (χ0n) is 10.9. The van der Waals surface area contributed by atoms with Crippen LogP contribution in [0.15, 0.2) is 8.68 Å². The molecule has 1 aliphatic carbocycles. The number of nitrogens with two attached hydrogens (primary N) is 1. The van der Waals surface area contributed by atoms with Crippen molar-refractivity contribution in [1.82, 2.24) is 10.2 Å². The summed E-state index contributed by atoms with van der Waals surface area (Å²) in [4.78, 5) is 11.8. The molecule has 1 aromatic heterocycles. The number of nitrogens with zero attached hydrogens (tertiary/aromatic N) is 2. The Morgan fingerprint density at radius 3 is 2.89 bits per heavy atom. The minimum Gasteiger partial charge on any atom is -0.468 e. The van der Waals surface area contributed by atoms with Crippen molar-refractivity contribution in [2.45, 2.75) is 45.2 Å². The number of esters is 1. The Balaban J connectivity index is 1.99. The number of rotatable bonds is 4. The summed E-state index contributed by atoms with van der Waals surface area (Å²) in [5, 5.41) is 8.53. The van der Waals surface area contributed by atoms with E-state index in [4.69, 9.17) is 10.5 Å². The third-order valence-corrected chi connectivity index (χ3v) is 6.41. The Hall–Kier alpha value is -0.310. The number of thioether (sulfide) groups is 2. The van der Waals surface area contributed by atoms with Gasteiger partial charge in [0.2, 0.25) is 0 Å². The topological polar surface area (TPSA) is 78.1 Å². The lowest BCUT2D eigenvalue weighted by molar-refractivity contribution is -0.148. The van der Waals surface area contributed by atoms with Gasteiger partial charge in [-0.05, 0) is 31.9 Å². The van der Waals surface area contributed by atoms with Crippen molar-refractivity contribution < 1.29 is 9.53 Å². The highest BCUT2D eigenvalue weighted by Crippen LogP contribution is 2.39. The molecule has 0 aromatic carbocycles. The van der Waals surface area contributed by atoms with Gasteiger partial charge in [0, 0.05) is 5.25 Å². The summed E-state index contributed by atoms with van der Waals surface area (Å²) in [5.74, 6) is -0.306. The molecule has 0 spiro atoms. The van der Waals surface area contributed by atoms with Gasteiger partial charge in [0.1, 0.15) is 5.54 Å². The fourth-order valence-corrected chi connectivity index (χ4v) is 5.25. The first-order valence-electron chi connectivity index (χ1n) is 5.99. The van der Waals surface area contributed by atoms with Crippen LogP contribution in [-0.4, -0.2) is 40.3 Å². The van der Waals surface area contributed by atoms with Crippen molar-refractivity contribution in [1.29, 1.82) is 0 Å². The number of aromatic nitrogens is 2. The fraction of sp³-hybridized carbons (Fsp3) is 0.727. The predicted molar refractivity (Wildman–Crippen MR) is 78.7 cm³/mol. The van der Waals surface area contributed by atoms with Crippen LogP contribution < -0.4 is 5.73 Å². The summed E-state index contributed by atoms with van der Waals surface area (Å²) in [6.45, 7) is 0. The summed E-state index contributed by atoms with van der Waals surface area (Å²) >= 11 is 4.85. The highest BCUT2D eigenvalue weighted by molar-refractivity contribution is 8.03. The van der Waals surface area contributed by atoms with E-state index in [0.29, 0.717) is 18.1 Å². The normalized spacial score (nSPS) is 27.2. The largest absolute Gasteiger partial charge is 0.468 e. The zero-order valence-corrected chi connectivity index (χ0v) is 13.4. The standard InChI is InChI=1S/C11H17N3O2S3/c1-16-8(15)11(12)5-3-4-7(6-11)18-10-14-13-9(17-2)19-10/h7H,3-6,12H2,1-2H3. The van der Waals surface area contributed by atoms with E-state index in [1.54, 1.807) is 34.9 Å². The molecule has 0 bridgehead atoms. The maximum Gasteiger partial charge on any atom is 0.325 e. The average Bonchev–Trinajstić information content (AvgIpc) is 2.85. The molecular weight excluding hydrogens is 302 g/mol. The molecule has 0 radical (unpaired) electrons. The Morgan fingerprint density at radius 1 is 1.53 bits per heavy atom. The van der Waals surface area contributed by atoms with Crippen LogP contribution in [0.5, 0.6) is 0 Å². The monoisotopic (exact) mass is 319 g/mol. The van der Waals surface area contributed by atoms with Gasteiger partial charge in [-0.25, -0.2) is 0 Å². The highest BCUT2D eigenvalue weighted by Gasteiger charge is 2.40. The van der Waals surface area contributed by atoms with Crippen LogP contribution >= 0.6 is 34.9 Å². The molecule has 5 nitrogen and oxygen atoms in total. The summed E-state index contributed by atoms with van der Waals surface area (Å²) in [6.07, 6.45) is 5.31. The van der Waals surface area contributed by atoms with Crippen molar-refractivity contribution in [2.75, 3.05) is 13.4 Å². The molecule has 106 valence electrons. The molecule has 1 aromatic rings. The van der Waals surface area contributed by atoms with Crippen molar-refractivity contribution in [2.24, 2.45) is 5.73 Å². The van der Waals surface area contributed by atoms with Gasteiger partial charge in [0.15, 0.2) is 8.68 Å². The summed E-state index contributed by atoms with van der Waals surface area (Å²) in [7, 11) is 1.39. The molecule has 1 fully saturated rings. The van der Waals surface area contributed by atoms with Crippen molar-refractivity contribution >= 4 is 40.8 Å². The van der Waals surface area contributed by atoms with Crippen LogP contribution in [0.25, 0.3) is 0 Å². The number of hydrogen-bond donors (Lipinski definition) is 1. The quantitative estimate of drug-likeness (QED) is 0.673. The van der Waals surface area contributed by atoms with Gasteiger partial charge in [-0.15, -0.1) is 10.2 Å². The van der Waals surface area contributed by atoms with Crippen LogP contribution in [0.3, 0.4) is 0 Å². The second-order valence-corrected chi connectivity index (χ2v) is 8.10. The lowest BCUT2D eigenvalue weighted by atomic mass is 9.82.